The number of benzene rings is 2. The summed E-state index contributed by atoms with van der Waals surface area (Å²) in [4.78, 5) is 11.2. The van der Waals surface area contributed by atoms with Gasteiger partial charge in [0.15, 0.2) is 11.8 Å². The zero-order chi connectivity index (χ0) is 20.6. The van der Waals surface area contributed by atoms with Gasteiger partial charge in [0.2, 0.25) is 3.79 Å². The smallest absolute Gasteiger partial charge is 0.253 e. The normalized spacial score (nSPS) is 12.4. The van der Waals surface area contributed by atoms with Crippen LogP contribution in [0.4, 0.5) is 21.5 Å². The predicted molar refractivity (Wildman–Crippen MR) is 115 cm³/mol. The predicted octanol–water partition coefficient (Wildman–Crippen LogP) is 5.17. The van der Waals surface area contributed by atoms with E-state index in [1.54, 1.807) is 24.3 Å². The first-order valence-corrected chi connectivity index (χ1v) is 9.38. The van der Waals surface area contributed by atoms with Crippen LogP contribution in [0.1, 0.15) is 0 Å². The van der Waals surface area contributed by atoms with Gasteiger partial charge in [0.1, 0.15) is 6.17 Å². The Morgan fingerprint density at radius 1 is 1.00 bits per heavy atom. The second-order valence-electron chi connectivity index (χ2n) is 5.36. The molecule has 0 unspecified atom stereocenters. The molecule has 3 N–H and O–H groups in total. The molecule has 0 fully saturated rings. The van der Waals surface area contributed by atoms with Crippen LogP contribution < -0.4 is 16.0 Å². The highest BCUT2D eigenvalue weighted by Crippen LogP contribution is 2.29. The van der Waals surface area contributed by atoms with E-state index in [9.17, 15) is 9.18 Å². The van der Waals surface area contributed by atoms with Crippen LogP contribution in [0.5, 0.6) is 0 Å². The molecule has 0 saturated carbocycles. The van der Waals surface area contributed by atoms with E-state index in [2.05, 4.69) is 26.2 Å². The van der Waals surface area contributed by atoms with E-state index in [0.29, 0.717) is 11.4 Å². The Bertz CT molecular complexity index is 831. The average Bonchev–Trinajstić information content (AvgIpc) is 2.67. The summed E-state index contributed by atoms with van der Waals surface area (Å²) in [5, 5.41) is 16.0. The van der Waals surface area contributed by atoms with Gasteiger partial charge in [-0.2, -0.15) is 10.2 Å². The Balaban J connectivity index is 1.96. The molecule has 2 aromatic carbocycles. The molecule has 0 aromatic heterocycles. The second-order valence-corrected chi connectivity index (χ2v) is 8.13. The molecule has 1 amide bonds. The standard InChI is InChI=1S/C17H15Cl3FN5OS/c18-17(19,20)15(23-14(27)10-21)24-16(28)22-11-6-8-13(9-7-11)26-25-12-4-2-1-3-5-12/h1-9,15H,10H2,(H,23,27)(H2,22,24,28)/t15-/m0/s1. The summed E-state index contributed by atoms with van der Waals surface area (Å²) in [5.41, 5.74) is 2.00. The quantitative estimate of drug-likeness (QED) is 0.239. The van der Waals surface area contributed by atoms with Crippen LogP contribution in [-0.2, 0) is 4.79 Å². The Hall–Kier alpha value is -2.00. The van der Waals surface area contributed by atoms with Crippen LogP contribution in [0, 0.1) is 0 Å². The van der Waals surface area contributed by atoms with E-state index < -0.39 is 22.5 Å². The lowest BCUT2D eigenvalue weighted by atomic mass is 10.3. The van der Waals surface area contributed by atoms with Crippen molar-refractivity contribution in [2.45, 2.75) is 9.96 Å². The molecule has 0 heterocycles. The Morgan fingerprint density at radius 3 is 2.11 bits per heavy atom. The van der Waals surface area contributed by atoms with Gasteiger partial charge in [-0.05, 0) is 48.6 Å². The largest absolute Gasteiger partial charge is 0.339 e. The third-order valence-corrected chi connectivity index (χ3v) is 4.07. The van der Waals surface area contributed by atoms with Crippen molar-refractivity contribution in [1.29, 1.82) is 0 Å². The maximum Gasteiger partial charge on any atom is 0.253 e. The van der Waals surface area contributed by atoms with E-state index in [-0.39, 0.29) is 5.11 Å². The summed E-state index contributed by atoms with van der Waals surface area (Å²) in [6.07, 6.45) is -1.22. The summed E-state index contributed by atoms with van der Waals surface area (Å²) in [7, 11) is 0. The van der Waals surface area contributed by atoms with Gasteiger partial charge in [-0.3, -0.25) is 4.79 Å². The fourth-order valence-electron chi connectivity index (χ4n) is 1.92. The molecule has 28 heavy (non-hydrogen) atoms. The molecule has 2 rings (SSSR count). The van der Waals surface area contributed by atoms with Gasteiger partial charge in [-0.15, -0.1) is 0 Å². The summed E-state index contributed by atoms with van der Waals surface area (Å²) in [6.45, 7) is -1.25. The number of anilines is 1. The molecule has 1 atom stereocenters. The van der Waals surface area contributed by atoms with E-state index in [0.717, 1.165) is 5.69 Å². The van der Waals surface area contributed by atoms with Gasteiger partial charge in [0.25, 0.3) is 5.91 Å². The minimum Gasteiger partial charge on any atom is -0.339 e. The summed E-state index contributed by atoms with van der Waals surface area (Å²) >= 11 is 22.5. The molecule has 2 aromatic rings. The summed E-state index contributed by atoms with van der Waals surface area (Å²) in [5.74, 6) is -0.945. The zero-order valence-electron chi connectivity index (χ0n) is 14.2. The highest BCUT2D eigenvalue weighted by molar-refractivity contribution is 7.80. The molecule has 6 nitrogen and oxygen atoms in total. The first-order chi connectivity index (χ1) is 13.3. The molecule has 0 aliphatic rings. The minimum absolute atomic E-state index is 0.0640. The lowest BCUT2D eigenvalue weighted by Gasteiger charge is -2.27. The van der Waals surface area contributed by atoms with Gasteiger partial charge in [0, 0.05) is 5.69 Å². The number of alkyl halides is 4. The van der Waals surface area contributed by atoms with Gasteiger partial charge < -0.3 is 16.0 Å². The number of carbonyl (C=O) groups excluding carboxylic acids is 1. The molecule has 11 heteroatoms. The molecular weight excluding hydrogens is 448 g/mol. The van der Waals surface area contributed by atoms with Gasteiger partial charge in [0.05, 0.1) is 11.4 Å². The number of rotatable bonds is 6. The number of azo groups is 1. The molecule has 0 aliphatic heterocycles. The molecule has 148 valence electrons. The number of nitrogens with one attached hydrogen (secondary N) is 3. The van der Waals surface area contributed by atoms with Crippen LogP contribution >= 0.6 is 47.0 Å². The number of nitrogens with zero attached hydrogens (tertiary/aromatic N) is 2. The molecule has 0 saturated heterocycles. The topological polar surface area (TPSA) is 77.9 Å². The van der Waals surface area contributed by atoms with Gasteiger partial charge >= 0.3 is 0 Å². The van der Waals surface area contributed by atoms with Crippen LogP contribution in [0.2, 0.25) is 0 Å². The highest BCUT2D eigenvalue weighted by Gasteiger charge is 2.34. The highest BCUT2D eigenvalue weighted by atomic mass is 35.6. The van der Waals surface area contributed by atoms with Gasteiger partial charge in [-0.1, -0.05) is 53.0 Å². The number of halogens is 4. The van der Waals surface area contributed by atoms with Crippen molar-refractivity contribution in [3.05, 3.63) is 54.6 Å². The molecule has 0 radical (unpaired) electrons. The first kappa shape index (κ1) is 22.3. The fourth-order valence-corrected chi connectivity index (χ4v) is 2.48. The van der Waals surface area contributed by atoms with E-state index >= 15 is 0 Å². The first-order valence-electron chi connectivity index (χ1n) is 7.84. The molecule has 0 spiro atoms. The monoisotopic (exact) mass is 461 g/mol. The van der Waals surface area contributed by atoms with Gasteiger partial charge in [-0.25, -0.2) is 4.39 Å². The number of thiocarbonyl (C=S) groups is 1. The van der Waals surface area contributed by atoms with Crippen molar-refractivity contribution < 1.29 is 9.18 Å². The maximum absolute atomic E-state index is 12.4. The average molecular weight is 463 g/mol. The Labute approximate surface area is 181 Å². The van der Waals surface area contributed by atoms with Crippen molar-refractivity contribution in [3.63, 3.8) is 0 Å². The number of amides is 1. The summed E-state index contributed by atoms with van der Waals surface area (Å²) < 4.78 is 10.4. The van der Waals surface area contributed by atoms with Crippen molar-refractivity contribution in [2.75, 3.05) is 12.0 Å². The van der Waals surface area contributed by atoms with Crippen molar-refractivity contribution in [1.82, 2.24) is 10.6 Å². The van der Waals surface area contributed by atoms with Crippen LogP contribution in [0.3, 0.4) is 0 Å². The second kappa shape index (κ2) is 10.5. The number of hydrogen-bond donors (Lipinski definition) is 3. The fraction of sp³-hybridized carbons (Fsp3) is 0.176. The number of carbonyl (C=O) groups is 1. The maximum atomic E-state index is 12.4. The Morgan fingerprint density at radius 2 is 1.57 bits per heavy atom. The Kier molecular flexibility index (Phi) is 8.37. The van der Waals surface area contributed by atoms with Crippen LogP contribution in [0.25, 0.3) is 0 Å². The van der Waals surface area contributed by atoms with Crippen molar-refractivity contribution in [2.24, 2.45) is 10.2 Å². The van der Waals surface area contributed by atoms with Crippen molar-refractivity contribution in [3.8, 4) is 0 Å². The minimum atomic E-state index is -1.95. The third kappa shape index (κ3) is 7.55. The van der Waals surface area contributed by atoms with Crippen molar-refractivity contribution >= 4 is 75.1 Å². The van der Waals surface area contributed by atoms with E-state index in [1.165, 1.54) is 0 Å². The van der Waals surface area contributed by atoms with E-state index in [4.69, 9.17) is 47.0 Å². The number of hydrogen-bond acceptors (Lipinski definition) is 4. The lowest BCUT2D eigenvalue weighted by Crippen LogP contribution is -2.56. The van der Waals surface area contributed by atoms with E-state index in [1.807, 2.05) is 30.3 Å². The lowest BCUT2D eigenvalue weighted by molar-refractivity contribution is -0.122. The molecular formula is C17H15Cl3FN5OS. The SMILES string of the molecule is O=C(CF)N[C@@H](NC(=S)Nc1ccc(N=Nc2ccccc2)cc1)C(Cl)(Cl)Cl. The third-order valence-electron chi connectivity index (χ3n) is 3.19. The summed E-state index contributed by atoms with van der Waals surface area (Å²) in [6, 6.07) is 16.2. The van der Waals surface area contributed by atoms with Crippen LogP contribution in [0.15, 0.2) is 64.8 Å². The molecule has 0 bridgehead atoms. The zero-order valence-corrected chi connectivity index (χ0v) is 17.3. The molecule has 0 aliphatic carbocycles. The van der Waals surface area contributed by atoms with Crippen LogP contribution in [-0.4, -0.2) is 27.7 Å².